The molecule has 1 N–H and O–H groups in total. The van der Waals surface area contributed by atoms with Crippen molar-refractivity contribution in [1.29, 1.82) is 0 Å². The molecule has 0 spiro atoms. The van der Waals surface area contributed by atoms with E-state index >= 15 is 0 Å². The van der Waals surface area contributed by atoms with Gasteiger partial charge in [0.2, 0.25) is 11.8 Å². The second-order valence-corrected chi connectivity index (χ2v) is 9.66. The van der Waals surface area contributed by atoms with Crippen LogP contribution in [0.4, 0.5) is 5.69 Å². The lowest BCUT2D eigenvalue weighted by Crippen LogP contribution is -2.39. The highest BCUT2D eigenvalue weighted by Crippen LogP contribution is 2.33. The van der Waals surface area contributed by atoms with Crippen molar-refractivity contribution in [3.05, 3.63) is 53.1 Å². The van der Waals surface area contributed by atoms with E-state index in [0.717, 1.165) is 32.2 Å². The minimum atomic E-state index is -0.355. The monoisotopic (exact) mass is 447 g/mol. The number of likely N-dealkylation sites (N-methyl/N-ethyl adjacent to an activating group) is 1. The van der Waals surface area contributed by atoms with Crippen molar-refractivity contribution in [2.24, 2.45) is 0 Å². The number of hydrogen-bond acceptors (Lipinski definition) is 5. The van der Waals surface area contributed by atoms with Gasteiger partial charge in [0.05, 0.1) is 22.0 Å². The highest BCUT2D eigenvalue weighted by molar-refractivity contribution is 8.02. The number of halogens is 1. The molecule has 0 saturated carbocycles. The first kappa shape index (κ1) is 21.6. The second kappa shape index (κ2) is 9.61. The number of nitrogens with zero attached hydrogens (tertiary/aromatic N) is 2. The molecule has 8 heteroatoms. The fourth-order valence-electron chi connectivity index (χ4n) is 2.88. The maximum Gasteiger partial charge on any atom is 0.243 e. The summed E-state index contributed by atoms with van der Waals surface area (Å²) in [7, 11) is 1.64. The maximum absolute atomic E-state index is 12.7. The molecule has 0 saturated heterocycles. The van der Waals surface area contributed by atoms with Crippen molar-refractivity contribution in [2.45, 2.75) is 29.9 Å². The minimum Gasteiger partial charge on any atom is -0.335 e. The Labute approximate surface area is 183 Å². The number of nitrogens with one attached hydrogen (secondary N) is 1. The number of anilines is 1. The quantitative estimate of drug-likeness (QED) is 0.512. The van der Waals surface area contributed by atoms with E-state index in [-0.39, 0.29) is 23.6 Å². The molecular weight excluding hydrogens is 426 g/mol. The van der Waals surface area contributed by atoms with Gasteiger partial charge in [-0.2, -0.15) is 0 Å². The summed E-state index contributed by atoms with van der Waals surface area (Å²) in [5.41, 5.74) is 2.68. The van der Waals surface area contributed by atoms with E-state index in [1.54, 1.807) is 7.05 Å². The molecular formula is C21H22ClN3O2S2. The molecule has 1 heterocycles. The van der Waals surface area contributed by atoms with Gasteiger partial charge in [0.25, 0.3) is 0 Å². The number of rotatable bonds is 7. The summed E-state index contributed by atoms with van der Waals surface area (Å²) in [4.78, 5) is 31.1. The number of aromatic nitrogens is 1. The molecule has 0 aliphatic carbocycles. The fourth-order valence-corrected chi connectivity index (χ4v) is 5.35. The summed E-state index contributed by atoms with van der Waals surface area (Å²) in [5, 5.41) is 3.18. The van der Waals surface area contributed by atoms with Crippen LogP contribution in [0.2, 0.25) is 5.02 Å². The molecule has 0 radical (unpaired) electrons. The number of thioether (sulfide) groups is 1. The van der Waals surface area contributed by atoms with Crippen molar-refractivity contribution in [1.82, 2.24) is 9.88 Å². The average Bonchev–Trinajstić information content (AvgIpc) is 3.08. The number of thiazole rings is 1. The SMILES string of the molecule is CCc1ccccc1NC(=O)CN(C)C(=O)C(C)Sc1nc2cc(Cl)ccc2s1. The maximum atomic E-state index is 12.7. The molecule has 1 aromatic heterocycles. The first-order valence-electron chi connectivity index (χ1n) is 9.23. The molecule has 2 aromatic carbocycles. The molecule has 3 aromatic rings. The first-order chi connectivity index (χ1) is 13.9. The van der Waals surface area contributed by atoms with Crippen molar-refractivity contribution in [3.8, 4) is 0 Å². The van der Waals surface area contributed by atoms with Crippen molar-refractivity contribution >= 4 is 62.4 Å². The predicted octanol–water partition coefficient (Wildman–Crippen LogP) is 5.09. The Morgan fingerprint density at radius 1 is 1.28 bits per heavy atom. The Morgan fingerprint density at radius 3 is 2.79 bits per heavy atom. The van der Waals surface area contributed by atoms with Gasteiger partial charge in [-0.05, 0) is 43.2 Å². The summed E-state index contributed by atoms with van der Waals surface area (Å²) in [5.74, 6) is -0.334. The van der Waals surface area contributed by atoms with Crippen LogP contribution in [0.3, 0.4) is 0 Å². The van der Waals surface area contributed by atoms with Crippen LogP contribution in [0.1, 0.15) is 19.4 Å². The summed E-state index contributed by atoms with van der Waals surface area (Å²) >= 11 is 8.93. The molecule has 152 valence electrons. The molecule has 2 amide bonds. The van der Waals surface area contributed by atoms with Gasteiger partial charge in [-0.25, -0.2) is 4.98 Å². The van der Waals surface area contributed by atoms with Crippen LogP contribution in [0.25, 0.3) is 10.2 Å². The van der Waals surface area contributed by atoms with Crippen LogP contribution in [-0.2, 0) is 16.0 Å². The van der Waals surface area contributed by atoms with Gasteiger partial charge in [0.1, 0.15) is 0 Å². The fraction of sp³-hybridized carbons (Fsp3) is 0.286. The molecule has 0 aliphatic rings. The van der Waals surface area contributed by atoms with E-state index in [4.69, 9.17) is 11.6 Å². The lowest BCUT2D eigenvalue weighted by molar-refractivity contribution is -0.132. The van der Waals surface area contributed by atoms with Crippen LogP contribution in [0.5, 0.6) is 0 Å². The molecule has 0 fully saturated rings. The zero-order valence-corrected chi connectivity index (χ0v) is 18.8. The van der Waals surface area contributed by atoms with Gasteiger partial charge in [0.15, 0.2) is 4.34 Å². The number of para-hydroxylation sites is 1. The first-order valence-corrected chi connectivity index (χ1v) is 11.3. The third-order valence-electron chi connectivity index (χ3n) is 4.38. The van der Waals surface area contributed by atoms with Gasteiger partial charge >= 0.3 is 0 Å². The highest BCUT2D eigenvalue weighted by Gasteiger charge is 2.22. The van der Waals surface area contributed by atoms with Crippen molar-refractivity contribution < 1.29 is 9.59 Å². The molecule has 0 aliphatic heterocycles. The third kappa shape index (κ3) is 5.50. The number of carbonyl (C=O) groups is 2. The van der Waals surface area contributed by atoms with Crippen LogP contribution in [0.15, 0.2) is 46.8 Å². The van der Waals surface area contributed by atoms with Gasteiger partial charge in [-0.15, -0.1) is 11.3 Å². The molecule has 1 unspecified atom stereocenters. The zero-order chi connectivity index (χ0) is 21.0. The number of aryl methyl sites for hydroxylation is 1. The van der Waals surface area contributed by atoms with Gasteiger partial charge < -0.3 is 10.2 Å². The van der Waals surface area contributed by atoms with E-state index in [0.29, 0.717) is 5.02 Å². The lowest BCUT2D eigenvalue weighted by atomic mass is 10.1. The molecule has 5 nitrogen and oxygen atoms in total. The highest BCUT2D eigenvalue weighted by atomic mass is 35.5. The molecule has 0 bridgehead atoms. The molecule has 1 atom stereocenters. The van der Waals surface area contributed by atoms with E-state index in [1.807, 2.05) is 56.3 Å². The van der Waals surface area contributed by atoms with Crippen LogP contribution in [0, 0.1) is 0 Å². The van der Waals surface area contributed by atoms with Gasteiger partial charge in [-0.1, -0.05) is 48.5 Å². The van der Waals surface area contributed by atoms with Gasteiger partial charge in [0, 0.05) is 17.8 Å². The van der Waals surface area contributed by atoms with Crippen molar-refractivity contribution in [3.63, 3.8) is 0 Å². The van der Waals surface area contributed by atoms with Crippen LogP contribution in [-0.4, -0.2) is 40.5 Å². The Kier molecular flexibility index (Phi) is 7.16. The number of amides is 2. The summed E-state index contributed by atoms with van der Waals surface area (Å²) in [6.07, 6.45) is 0.826. The minimum absolute atomic E-state index is 0.00274. The molecule has 29 heavy (non-hydrogen) atoms. The number of hydrogen-bond donors (Lipinski definition) is 1. The predicted molar refractivity (Wildman–Crippen MR) is 122 cm³/mol. The summed E-state index contributed by atoms with van der Waals surface area (Å²) in [6, 6.07) is 13.2. The zero-order valence-electron chi connectivity index (χ0n) is 16.4. The summed E-state index contributed by atoms with van der Waals surface area (Å²) < 4.78 is 1.83. The smallest absolute Gasteiger partial charge is 0.243 e. The average molecular weight is 448 g/mol. The number of carbonyl (C=O) groups excluding carboxylic acids is 2. The number of benzene rings is 2. The van der Waals surface area contributed by atoms with Crippen LogP contribution >= 0.6 is 34.7 Å². The standard InChI is InChI=1S/C21H22ClN3O2S2/c1-4-14-7-5-6-8-16(14)23-19(26)12-25(3)20(27)13(2)28-21-24-17-11-15(22)9-10-18(17)29-21/h5-11,13H,4,12H2,1-3H3,(H,23,26). The van der Waals surface area contributed by atoms with Gasteiger partial charge in [-0.3, -0.25) is 9.59 Å². The largest absolute Gasteiger partial charge is 0.335 e. The Hall–Kier alpha value is -2.09. The van der Waals surface area contributed by atoms with Crippen LogP contribution < -0.4 is 5.32 Å². The Balaban J connectivity index is 1.58. The van der Waals surface area contributed by atoms with E-state index < -0.39 is 0 Å². The van der Waals surface area contributed by atoms with E-state index in [1.165, 1.54) is 28.0 Å². The third-order valence-corrected chi connectivity index (χ3v) is 6.84. The topological polar surface area (TPSA) is 62.3 Å². The molecule has 3 rings (SSSR count). The summed E-state index contributed by atoms with van der Waals surface area (Å²) in [6.45, 7) is 3.86. The Bertz CT molecular complexity index is 1040. The number of fused-ring (bicyclic) bond motifs is 1. The van der Waals surface area contributed by atoms with Crippen molar-refractivity contribution in [2.75, 3.05) is 18.9 Å². The normalized spacial score (nSPS) is 12.0. The van der Waals surface area contributed by atoms with E-state index in [9.17, 15) is 9.59 Å². The lowest BCUT2D eigenvalue weighted by Gasteiger charge is -2.20. The second-order valence-electron chi connectivity index (χ2n) is 6.61. The van der Waals surface area contributed by atoms with E-state index in [2.05, 4.69) is 10.3 Å². The Morgan fingerprint density at radius 2 is 2.03 bits per heavy atom.